The van der Waals surface area contributed by atoms with E-state index in [9.17, 15) is 9.59 Å². The molecule has 0 spiro atoms. The van der Waals surface area contributed by atoms with E-state index in [0.717, 1.165) is 26.0 Å². The van der Waals surface area contributed by atoms with Crippen molar-refractivity contribution in [3.63, 3.8) is 0 Å². The molecule has 0 saturated carbocycles. The van der Waals surface area contributed by atoms with Crippen LogP contribution >= 0.6 is 46.0 Å². The molecule has 0 aliphatic carbocycles. The SMILES string of the molecule is CCc1nnc(NC(=O)CSc2nc3ccc(NC(=O)c4ccccc4Cl)cc3s2)s1. The number of nitrogens with zero attached hydrogens (tertiary/aromatic N) is 3. The van der Waals surface area contributed by atoms with Crippen molar-refractivity contribution in [3.8, 4) is 0 Å². The first kappa shape index (κ1) is 21.7. The molecular formula is C20H16ClN5O2S3. The van der Waals surface area contributed by atoms with Crippen LogP contribution in [0, 0.1) is 0 Å². The topological polar surface area (TPSA) is 96.9 Å². The highest BCUT2D eigenvalue weighted by Gasteiger charge is 2.13. The van der Waals surface area contributed by atoms with E-state index in [2.05, 4.69) is 25.8 Å². The minimum Gasteiger partial charge on any atom is -0.322 e. The molecule has 2 aromatic carbocycles. The van der Waals surface area contributed by atoms with Crippen LogP contribution in [0.15, 0.2) is 46.8 Å². The number of anilines is 2. The molecule has 0 bridgehead atoms. The van der Waals surface area contributed by atoms with Crippen molar-refractivity contribution in [1.29, 1.82) is 0 Å². The van der Waals surface area contributed by atoms with Gasteiger partial charge >= 0.3 is 0 Å². The van der Waals surface area contributed by atoms with E-state index in [1.54, 1.807) is 30.3 Å². The lowest BCUT2D eigenvalue weighted by Gasteiger charge is -2.06. The van der Waals surface area contributed by atoms with Crippen LogP contribution in [0.3, 0.4) is 0 Å². The number of rotatable bonds is 7. The monoisotopic (exact) mass is 489 g/mol. The number of thiazole rings is 1. The van der Waals surface area contributed by atoms with Gasteiger partial charge in [0.1, 0.15) is 5.01 Å². The van der Waals surface area contributed by atoms with Gasteiger partial charge in [-0.2, -0.15) is 0 Å². The Hall–Kier alpha value is -2.53. The normalized spacial score (nSPS) is 10.9. The maximum absolute atomic E-state index is 12.5. The van der Waals surface area contributed by atoms with Crippen molar-refractivity contribution < 1.29 is 9.59 Å². The zero-order valence-corrected chi connectivity index (χ0v) is 19.4. The average molecular weight is 490 g/mol. The Balaban J connectivity index is 1.38. The lowest BCUT2D eigenvalue weighted by Crippen LogP contribution is -2.13. The van der Waals surface area contributed by atoms with Crippen LogP contribution in [0.2, 0.25) is 5.02 Å². The zero-order chi connectivity index (χ0) is 21.8. The fraction of sp³-hybridized carbons (Fsp3) is 0.150. The van der Waals surface area contributed by atoms with E-state index in [4.69, 9.17) is 11.6 Å². The molecule has 4 aromatic rings. The lowest BCUT2D eigenvalue weighted by molar-refractivity contribution is -0.113. The zero-order valence-electron chi connectivity index (χ0n) is 16.2. The van der Waals surface area contributed by atoms with Gasteiger partial charge in [-0.15, -0.1) is 21.5 Å². The Morgan fingerprint density at radius 3 is 2.71 bits per heavy atom. The number of nitrogens with one attached hydrogen (secondary N) is 2. The summed E-state index contributed by atoms with van der Waals surface area (Å²) in [7, 11) is 0. The number of hydrogen-bond donors (Lipinski definition) is 2. The summed E-state index contributed by atoms with van der Waals surface area (Å²) < 4.78 is 1.68. The van der Waals surface area contributed by atoms with Crippen LogP contribution in [0.25, 0.3) is 10.2 Å². The van der Waals surface area contributed by atoms with E-state index < -0.39 is 0 Å². The molecule has 0 aliphatic heterocycles. The summed E-state index contributed by atoms with van der Waals surface area (Å²) in [6.45, 7) is 1.99. The fourth-order valence-electron chi connectivity index (χ4n) is 2.62. The van der Waals surface area contributed by atoms with Crippen molar-refractivity contribution >= 4 is 78.9 Å². The predicted molar refractivity (Wildman–Crippen MR) is 128 cm³/mol. The first-order chi connectivity index (χ1) is 15.0. The number of thioether (sulfide) groups is 1. The lowest BCUT2D eigenvalue weighted by atomic mass is 10.2. The van der Waals surface area contributed by atoms with E-state index in [1.165, 1.54) is 34.4 Å². The second-order valence-electron chi connectivity index (χ2n) is 6.29. The second kappa shape index (κ2) is 9.73. The van der Waals surface area contributed by atoms with Gasteiger partial charge < -0.3 is 5.32 Å². The van der Waals surface area contributed by atoms with E-state index in [1.807, 2.05) is 19.1 Å². The minimum absolute atomic E-state index is 0.157. The molecule has 4 rings (SSSR count). The Labute approximate surface area is 195 Å². The molecule has 0 atom stereocenters. The van der Waals surface area contributed by atoms with Gasteiger partial charge in [0, 0.05) is 5.69 Å². The van der Waals surface area contributed by atoms with E-state index in [0.29, 0.717) is 21.4 Å². The van der Waals surface area contributed by atoms with Crippen molar-refractivity contribution in [2.45, 2.75) is 17.7 Å². The van der Waals surface area contributed by atoms with E-state index in [-0.39, 0.29) is 17.6 Å². The smallest absolute Gasteiger partial charge is 0.257 e. The third-order valence-corrected chi connectivity index (χ3v) is 7.56. The summed E-state index contributed by atoms with van der Waals surface area (Å²) in [6.07, 6.45) is 0.787. The summed E-state index contributed by atoms with van der Waals surface area (Å²) in [5, 5.41) is 15.3. The van der Waals surface area contributed by atoms with Gasteiger partial charge in [0.05, 0.1) is 26.6 Å². The fourth-order valence-corrected chi connectivity index (χ4v) is 5.44. The van der Waals surface area contributed by atoms with Crippen LogP contribution in [-0.2, 0) is 11.2 Å². The summed E-state index contributed by atoms with van der Waals surface area (Å²) >= 11 is 10.3. The molecular weight excluding hydrogens is 474 g/mol. The summed E-state index contributed by atoms with van der Waals surface area (Å²) in [5.41, 5.74) is 1.87. The molecule has 0 fully saturated rings. The van der Waals surface area contributed by atoms with E-state index >= 15 is 0 Å². The number of benzene rings is 2. The molecule has 0 radical (unpaired) electrons. The molecule has 7 nitrogen and oxygen atoms in total. The van der Waals surface area contributed by atoms with Crippen molar-refractivity contribution in [1.82, 2.24) is 15.2 Å². The summed E-state index contributed by atoms with van der Waals surface area (Å²) in [5.74, 6) is -0.212. The van der Waals surface area contributed by atoms with Crippen molar-refractivity contribution in [2.24, 2.45) is 0 Å². The summed E-state index contributed by atoms with van der Waals surface area (Å²) in [4.78, 5) is 29.2. The second-order valence-corrected chi connectivity index (χ2v) is 10.0. The van der Waals surface area contributed by atoms with Gasteiger partial charge in [-0.1, -0.05) is 53.8 Å². The number of aryl methyl sites for hydroxylation is 1. The van der Waals surface area contributed by atoms with Crippen molar-refractivity contribution in [2.75, 3.05) is 16.4 Å². The molecule has 0 aliphatic rings. The number of halogens is 1. The van der Waals surface area contributed by atoms with Crippen molar-refractivity contribution in [3.05, 3.63) is 58.1 Å². The van der Waals surface area contributed by atoms with Gasteiger partial charge in [0.25, 0.3) is 5.91 Å². The highest BCUT2D eigenvalue weighted by molar-refractivity contribution is 8.01. The maximum atomic E-state index is 12.5. The number of fused-ring (bicyclic) bond motifs is 1. The quantitative estimate of drug-likeness (QED) is 0.340. The highest BCUT2D eigenvalue weighted by Crippen LogP contribution is 2.31. The Morgan fingerprint density at radius 1 is 1.10 bits per heavy atom. The summed E-state index contributed by atoms with van der Waals surface area (Å²) in [6, 6.07) is 12.4. The number of hydrogen-bond acceptors (Lipinski definition) is 8. The molecule has 2 heterocycles. The van der Waals surface area contributed by atoms with Gasteiger partial charge in [-0.05, 0) is 36.8 Å². The third kappa shape index (κ3) is 5.40. The van der Waals surface area contributed by atoms with Crippen LogP contribution < -0.4 is 10.6 Å². The molecule has 158 valence electrons. The number of carbonyl (C=O) groups is 2. The van der Waals surface area contributed by atoms with Gasteiger partial charge in [0.15, 0.2) is 4.34 Å². The average Bonchev–Trinajstić information content (AvgIpc) is 3.38. The molecule has 2 aromatic heterocycles. The first-order valence-electron chi connectivity index (χ1n) is 9.23. The minimum atomic E-state index is -0.274. The van der Waals surface area contributed by atoms with Crippen LogP contribution in [0.4, 0.5) is 10.8 Å². The molecule has 31 heavy (non-hydrogen) atoms. The Morgan fingerprint density at radius 2 is 1.94 bits per heavy atom. The molecule has 0 unspecified atom stereocenters. The number of aromatic nitrogens is 3. The third-order valence-electron chi connectivity index (χ3n) is 4.09. The maximum Gasteiger partial charge on any atom is 0.257 e. The van der Waals surface area contributed by atoms with Gasteiger partial charge in [-0.25, -0.2) is 4.98 Å². The largest absolute Gasteiger partial charge is 0.322 e. The van der Waals surface area contributed by atoms with Crippen LogP contribution in [0.5, 0.6) is 0 Å². The number of carbonyl (C=O) groups excluding carboxylic acids is 2. The Kier molecular flexibility index (Phi) is 6.81. The van der Waals surface area contributed by atoms with Crippen LogP contribution in [-0.4, -0.2) is 32.7 Å². The molecule has 2 N–H and O–H groups in total. The molecule has 0 saturated heterocycles. The number of amides is 2. The molecule has 2 amide bonds. The standard InChI is InChI=1S/C20H16ClN5O2S3/c1-2-17-25-26-19(31-17)24-16(27)10-29-20-23-14-8-7-11(9-15(14)30-20)22-18(28)12-5-3-4-6-13(12)21/h3-9H,2,10H2,1H3,(H,22,28)(H,24,26,27). The van der Waals surface area contributed by atoms with Gasteiger partial charge in [-0.3, -0.25) is 14.9 Å². The van der Waals surface area contributed by atoms with Crippen LogP contribution in [0.1, 0.15) is 22.3 Å². The first-order valence-corrected chi connectivity index (χ1v) is 12.2. The highest BCUT2D eigenvalue weighted by atomic mass is 35.5. The molecule has 11 heteroatoms. The predicted octanol–water partition coefficient (Wildman–Crippen LogP) is 5.35. The Bertz CT molecular complexity index is 1260. The van der Waals surface area contributed by atoms with Gasteiger partial charge in [0.2, 0.25) is 11.0 Å².